The number of thiophene rings is 1. The third-order valence-electron chi connectivity index (χ3n) is 4.91. The molecule has 6 nitrogen and oxygen atoms in total. The lowest BCUT2D eigenvalue weighted by Gasteiger charge is -2.10. The van der Waals surface area contributed by atoms with Gasteiger partial charge in [0.25, 0.3) is 0 Å². The molecule has 37 heavy (non-hydrogen) atoms. The maximum atomic E-state index is 11.8. The summed E-state index contributed by atoms with van der Waals surface area (Å²) in [6.07, 6.45) is 2.55. The molecule has 3 aromatic rings. The zero-order valence-electron chi connectivity index (χ0n) is 22.0. The molecule has 3 rings (SSSR count). The Hall–Kier alpha value is -3.39. The van der Waals surface area contributed by atoms with E-state index in [0.717, 1.165) is 39.6 Å². The van der Waals surface area contributed by atoms with Gasteiger partial charge in [0, 0.05) is 64.3 Å². The first-order chi connectivity index (χ1) is 17.7. The van der Waals surface area contributed by atoms with Gasteiger partial charge in [0.05, 0.1) is 0 Å². The van der Waals surface area contributed by atoms with Crippen LogP contribution in [-0.2, 0) is 16.1 Å². The van der Waals surface area contributed by atoms with Crippen LogP contribution in [0.5, 0.6) is 5.75 Å². The van der Waals surface area contributed by atoms with Gasteiger partial charge in [0.15, 0.2) is 5.78 Å². The number of nitrogens with one attached hydrogen (secondary N) is 1. The Bertz CT molecular complexity index is 1180. The van der Waals surface area contributed by atoms with E-state index >= 15 is 0 Å². The van der Waals surface area contributed by atoms with Crippen LogP contribution >= 0.6 is 22.9 Å². The minimum Gasteiger partial charge on any atom is -0.489 e. The van der Waals surface area contributed by atoms with E-state index in [1.54, 1.807) is 37.5 Å². The third-order valence-corrected chi connectivity index (χ3v) is 6.23. The Morgan fingerprint density at radius 2 is 1.86 bits per heavy atom. The van der Waals surface area contributed by atoms with E-state index in [1.807, 2.05) is 50.5 Å². The lowest BCUT2D eigenvalue weighted by atomic mass is 10.0. The number of aldehydes is 1. The highest BCUT2D eigenvalue weighted by atomic mass is 35.5. The molecule has 0 spiro atoms. The maximum absolute atomic E-state index is 11.8. The monoisotopic (exact) mass is 542 g/mol. The lowest BCUT2D eigenvalue weighted by Crippen LogP contribution is -2.05. The van der Waals surface area contributed by atoms with Crippen LogP contribution in [0.1, 0.15) is 47.1 Å². The molecule has 1 aromatic heterocycles. The van der Waals surface area contributed by atoms with Crippen LogP contribution in [0.2, 0.25) is 5.02 Å². The largest absolute Gasteiger partial charge is 0.489 e. The number of carbonyl (C=O) groups excluding carboxylic acids is 2. The van der Waals surface area contributed by atoms with Crippen molar-refractivity contribution in [1.29, 1.82) is 0 Å². The van der Waals surface area contributed by atoms with Gasteiger partial charge in [-0.05, 0) is 62.5 Å². The summed E-state index contributed by atoms with van der Waals surface area (Å²) in [5, 5.41) is 5.68. The van der Waals surface area contributed by atoms with Crippen molar-refractivity contribution in [1.82, 2.24) is 0 Å². The molecule has 0 saturated heterocycles. The fourth-order valence-corrected chi connectivity index (χ4v) is 4.34. The number of ether oxygens (including phenoxy) is 2. The van der Waals surface area contributed by atoms with Crippen molar-refractivity contribution >= 4 is 52.0 Å². The molecule has 198 valence electrons. The second kappa shape index (κ2) is 17.1. The molecule has 0 unspecified atom stereocenters. The van der Waals surface area contributed by atoms with Crippen molar-refractivity contribution in [2.45, 2.75) is 27.4 Å². The van der Waals surface area contributed by atoms with Crippen LogP contribution in [0.4, 0.5) is 5.69 Å². The molecule has 0 aliphatic carbocycles. The molecule has 0 fully saturated rings. The van der Waals surface area contributed by atoms with Gasteiger partial charge in [-0.1, -0.05) is 36.4 Å². The average Bonchev–Trinajstić information content (AvgIpc) is 3.32. The van der Waals surface area contributed by atoms with Gasteiger partial charge in [-0.15, -0.1) is 11.3 Å². The standard InChI is InChI=1S/C19H19NO3S.C7H8ClN.C3H8O/c1-4-17(13(3)22)19-18(12(2)20)15(11-24-19)10-23-16-7-5-6-14(8-16)9-21;1-9-7-4-2-6(8)3-5-7;1-3-4-2/h4-9,11H,2,10,20H2,1,3H3;2-5,9H,1H3;3H2,1-2H3/b17-4-;;. The van der Waals surface area contributed by atoms with E-state index < -0.39 is 0 Å². The normalized spacial score (nSPS) is 10.3. The minimum absolute atomic E-state index is 0.0204. The molecule has 1 heterocycles. The van der Waals surface area contributed by atoms with Gasteiger partial charge in [0.2, 0.25) is 0 Å². The number of anilines is 1. The van der Waals surface area contributed by atoms with E-state index in [9.17, 15) is 9.59 Å². The smallest absolute Gasteiger partial charge is 0.160 e. The first-order valence-electron chi connectivity index (χ1n) is 11.5. The van der Waals surface area contributed by atoms with Crippen LogP contribution < -0.4 is 15.8 Å². The summed E-state index contributed by atoms with van der Waals surface area (Å²) < 4.78 is 10.3. The summed E-state index contributed by atoms with van der Waals surface area (Å²) in [6.45, 7) is 10.2. The van der Waals surface area contributed by atoms with Crippen LogP contribution in [0.3, 0.4) is 0 Å². The summed E-state index contributed by atoms with van der Waals surface area (Å²) in [4.78, 5) is 23.4. The fourth-order valence-electron chi connectivity index (χ4n) is 3.00. The van der Waals surface area contributed by atoms with Crippen molar-refractivity contribution in [3.63, 3.8) is 0 Å². The second-order valence-electron chi connectivity index (χ2n) is 7.56. The SMILES string of the molecule is C=C(N)c1c(COc2cccc(C=O)c2)csc1/C(=C\C)C(C)=O.CCOC.CNc1ccc(Cl)cc1. The zero-order chi connectivity index (χ0) is 27.8. The number of benzene rings is 2. The number of ketones is 1. The van der Waals surface area contributed by atoms with Crippen LogP contribution in [0.15, 0.2) is 66.6 Å². The molecule has 0 bridgehead atoms. The number of halogens is 1. The minimum atomic E-state index is -0.0204. The predicted octanol–water partition coefficient (Wildman–Crippen LogP) is 7.10. The lowest BCUT2D eigenvalue weighted by molar-refractivity contribution is -0.111. The fraction of sp³-hybridized carbons (Fsp3) is 0.241. The van der Waals surface area contributed by atoms with Gasteiger partial charge in [0.1, 0.15) is 18.6 Å². The first kappa shape index (κ1) is 31.6. The molecule has 2 aromatic carbocycles. The Labute approximate surface area is 228 Å². The molecule has 0 radical (unpaired) electrons. The Balaban J connectivity index is 0.000000432. The van der Waals surface area contributed by atoms with E-state index in [-0.39, 0.29) is 12.4 Å². The number of carbonyl (C=O) groups is 2. The summed E-state index contributed by atoms with van der Waals surface area (Å²) in [5.41, 5.74) is 10.2. The summed E-state index contributed by atoms with van der Waals surface area (Å²) in [6, 6.07) is 14.5. The Kier molecular flexibility index (Phi) is 14.7. The van der Waals surface area contributed by atoms with E-state index in [1.165, 1.54) is 18.3 Å². The summed E-state index contributed by atoms with van der Waals surface area (Å²) in [5.74, 6) is 0.576. The predicted molar refractivity (Wildman–Crippen MR) is 157 cm³/mol. The molecule has 8 heteroatoms. The molecule has 0 amide bonds. The van der Waals surface area contributed by atoms with Gasteiger partial charge in [-0.25, -0.2) is 0 Å². The first-order valence-corrected chi connectivity index (χ1v) is 12.8. The van der Waals surface area contributed by atoms with Crippen molar-refractivity contribution in [2.24, 2.45) is 5.73 Å². The quantitative estimate of drug-likeness (QED) is 0.221. The van der Waals surface area contributed by atoms with Crippen LogP contribution in [-0.4, -0.2) is 32.8 Å². The number of nitrogens with two attached hydrogens (primary N) is 1. The highest BCUT2D eigenvalue weighted by Gasteiger charge is 2.19. The summed E-state index contributed by atoms with van der Waals surface area (Å²) in [7, 11) is 3.56. The number of Topliss-reactive ketones (excluding diaryl/α,β-unsaturated/α-hetero) is 1. The van der Waals surface area contributed by atoms with Crippen molar-refractivity contribution in [2.75, 3.05) is 26.1 Å². The van der Waals surface area contributed by atoms with E-state index in [4.69, 9.17) is 22.1 Å². The number of hydrogen-bond donors (Lipinski definition) is 2. The summed E-state index contributed by atoms with van der Waals surface area (Å²) >= 11 is 7.08. The number of hydrogen-bond acceptors (Lipinski definition) is 7. The third kappa shape index (κ3) is 10.6. The Morgan fingerprint density at radius 3 is 2.35 bits per heavy atom. The molecular weight excluding hydrogens is 508 g/mol. The zero-order valence-corrected chi connectivity index (χ0v) is 23.5. The van der Waals surface area contributed by atoms with Gasteiger partial charge >= 0.3 is 0 Å². The second-order valence-corrected chi connectivity index (χ2v) is 8.88. The average molecular weight is 543 g/mol. The molecule has 0 aliphatic heterocycles. The van der Waals surface area contributed by atoms with Crippen LogP contribution in [0, 0.1) is 0 Å². The van der Waals surface area contributed by atoms with E-state index in [0.29, 0.717) is 22.6 Å². The molecule has 0 aliphatic rings. The van der Waals surface area contributed by atoms with E-state index in [2.05, 4.69) is 16.6 Å². The highest BCUT2D eigenvalue weighted by Crippen LogP contribution is 2.33. The Morgan fingerprint density at radius 1 is 1.22 bits per heavy atom. The van der Waals surface area contributed by atoms with Gasteiger partial charge in [-0.2, -0.15) is 0 Å². The van der Waals surface area contributed by atoms with Crippen molar-refractivity contribution in [3.05, 3.63) is 93.2 Å². The molecule has 0 atom stereocenters. The van der Waals surface area contributed by atoms with Crippen molar-refractivity contribution in [3.8, 4) is 5.75 Å². The number of methoxy groups -OCH3 is 1. The van der Waals surface area contributed by atoms with Gasteiger partial charge in [-0.3, -0.25) is 9.59 Å². The number of rotatable bonds is 9. The van der Waals surface area contributed by atoms with Crippen LogP contribution in [0.25, 0.3) is 11.3 Å². The molecule has 0 saturated carbocycles. The topological polar surface area (TPSA) is 90.7 Å². The highest BCUT2D eigenvalue weighted by molar-refractivity contribution is 7.12. The molecule has 3 N–H and O–H groups in total. The molecular formula is C29H35ClN2O4S. The van der Waals surface area contributed by atoms with Crippen molar-refractivity contribution < 1.29 is 19.1 Å². The number of allylic oxidation sites excluding steroid dienone is 2. The van der Waals surface area contributed by atoms with Gasteiger partial charge < -0.3 is 20.5 Å². The maximum Gasteiger partial charge on any atom is 0.160 e.